The van der Waals surface area contributed by atoms with Gasteiger partial charge in [-0.25, -0.2) is 0 Å². The highest BCUT2D eigenvalue weighted by molar-refractivity contribution is 6.44. The van der Waals surface area contributed by atoms with E-state index < -0.39 is 0 Å². The van der Waals surface area contributed by atoms with Gasteiger partial charge in [-0.2, -0.15) is 0 Å². The summed E-state index contributed by atoms with van der Waals surface area (Å²) in [6.07, 6.45) is 10.0. The van der Waals surface area contributed by atoms with Gasteiger partial charge < -0.3 is 0 Å². The SMILES string of the molecule is ClC(Cl)c1c2c(cc3c1CCCC3)CCCC2. The van der Waals surface area contributed by atoms with Crippen LogP contribution in [-0.4, -0.2) is 0 Å². The molecule has 0 amide bonds. The van der Waals surface area contributed by atoms with E-state index in [4.69, 9.17) is 23.2 Å². The largest absolute Gasteiger partial charge is 0.133 e. The molecular formula is C15H18Cl2. The molecule has 2 heteroatoms. The Labute approximate surface area is 113 Å². The summed E-state index contributed by atoms with van der Waals surface area (Å²) in [5.41, 5.74) is 7.29. The smallest absolute Gasteiger partial charge is 0.100 e. The maximum absolute atomic E-state index is 6.24. The maximum Gasteiger partial charge on any atom is 0.133 e. The fourth-order valence-electron chi connectivity index (χ4n) is 3.45. The minimum atomic E-state index is -0.338. The van der Waals surface area contributed by atoms with Gasteiger partial charge in [-0.15, -0.1) is 23.2 Å². The Morgan fingerprint density at radius 1 is 0.765 bits per heavy atom. The summed E-state index contributed by atoms with van der Waals surface area (Å²) >= 11 is 12.5. The molecule has 0 radical (unpaired) electrons. The van der Waals surface area contributed by atoms with E-state index in [1.807, 2.05) is 0 Å². The van der Waals surface area contributed by atoms with E-state index in [0.29, 0.717) is 0 Å². The fraction of sp³-hybridized carbons (Fsp3) is 0.600. The van der Waals surface area contributed by atoms with Crippen LogP contribution in [0.5, 0.6) is 0 Å². The molecule has 1 aromatic carbocycles. The monoisotopic (exact) mass is 268 g/mol. The summed E-state index contributed by atoms with van der Waals surface area (Å²) in [5, 5.41) is 0. The topological polar surface area (TPSA) is 0 Å². The van der Waals surface area contributed by atoms with Crippen LogP contribution in [0, 0.1) is 0 Å². The van der Waals surface area contributed by atoms with Gasteiger partial charge in [0, 0.05) is 0 Å². The maximum atomic E-state index is 6.24. The molecule has 1 aromatic rings. The molecule has 0 aliphatic heterocycles. The van der Waals surface area contributed by atoms with Gasteiger partial charge in [-0.3, -0.25) is 0 Å². The molecule has 0 spiro atoms. The van der Waals surface area contributed by atoms with Crippen molar-refractivity contribution in [3.05, 3.63) is 33.9 Å². The van der Waals surface area contributed by atoms with Crippen molar-refractivity contribution in [2.45, 2.75) is 56.2 Å². The number of alkyl halides is 2. The van der Waals surface area contributed by atoms with Gasteiger partial charge >= 0.3 is 0 Å². The Morgan fingerprint density at radius 3 is 1.71 bits per heavy atom. The predicted molar refractivity (Wildman–Crippen MR) is 74.2 cm³/mol. The summed E-state index contributed by atoms with van der Waals surface area (Å²) in [6, 6.07) is 2.45. The zero-order valence-corrected chi connectivity index (χ0v) is 11.6. The zero-order valence-electron chi connectivity index (χ0n) is 10.1. The van der Waals surface area contributed by atoms with Crippen LogP contribution in [0.15, 0.2) is 6.07 Å². The second-order valence-corrected chi connectivity index (χ2v) is 6.38. The average molecular weight is 269 g/mol. The van der Waals surface area contributed by atoms with Crippen LogP contribution in [0.2, 0.25) is 0 Å². The first-order valence-corrected chi connectivity index (χ1v) is 7.59. The summed E-state index contributed by atoms with van der Waals surface area (Å²) in [5.74, 6) is 0. The predicted octanol–water partition coefficient (Wildman–Crippen LogP) is 4.92. The standard InChI is InChI=1S/C15H18Cl2/c16-15(17)14-12-7-3-1-5-10(12)9-11-6-2-4-8-13(11)14/h9,15H,1-8H2. The molecule has 2 aliphatic rings. The van der Waals surface area contributed by atoms with Crippen molar-refractivity contribution in [2.24, 2.45) is 0 Å². The van der Waals surface area contributed by atoms with E-state index in [9.17, 15) is 0 Å². The highest BCUT2D eigenvalue weighted by Crippen LogP contribution is 2.40. The average Bonchev–Trinajstić information content (AvgIpc) is 2.35. The lowest BCUT2D eigenvalue weighted by Crippen LogP contribution is -2.14. The first-order valence-electron chi connectivity index (χ1n) is 6.72. The number of fused-ring (bicyclic) bond motifs is 2. The lowest BCUT2D eigenvalue weighted by atomic mass is 9.79. The van der Waals surface area contributed by atoms with Crippen molar-refractivity contribution in [1.82, 2.24) is 0 Å². The first-order chi connectivity index (χ1) is 8.27. The van der Waals surface area contributed by atoms with E-state index in [0.717, 1.165) is 0 Å². The third-order valence-electron chi connectivity index (χ3n) is 4.24. The minimum absolute atomic E-state index is 0.338. The van der Waals surface area contributed by atoms with Gasteiger partial charge in [0.1, 0.15) is 4.84 Å². The Bertz CT molecular complexity index is 401. The molecule has 0 aromatic heterocycles. The second kappa shape index (κ2) is 4.82. The molecule has 0 saturated carbocycles. The molecule has 0 unspecified atom stereocenters. The molecule has 0 fully saturated rings. The quantitative estimate of drug-likeness (QED) is 0.635. The van der Waals surface area contributed by atoms with E-state index in [1.54, 1.807) is 0 Å². The Hall–Kier alpha value is -0.200. The summed E-state index contributed by atoms with van der Waals surface area (Å²) in [7, 11) is 0. The molecule has 3 rings (SSSR count). The van der Waals surface area contributed by atoms with Crippen LogP contribution in [0.25, 0.3) is 0 Å². The molecule has 0 nitrogen and oxygen atoms in total. The van der Waals surface area contributed by atoms with E-state index in [2.05, 4.69) is 6.07 Å². The molecule has 0 atom stereocenters. The number of hydrogen-bond donors (Lipinski definition) is 0. The third-order valence-corrected chi connectivity index (χ3v) is 4.67. The van der Waals surface area contributed by atoms with Crippen LogP contribution in [0.3, 0.4) is 0 Å². The van der Waals surface area contributed by atoms with Crippen molar-refractivity contribution in [2.75, 3.05) is 0 Å². The number of benzene rings is 1. The van der Waals surface area contributed by atoms with Gasteiger partial charge in [-0.1, -0.05) is 6.07 Å². The summed E-state index contributed by atoms with van der Waals surface area (Å²) in [4.78, 5) is -0.338. The summed E-state index contributed by atoms with van der Waals surface area (Å²) < 4.78 is 0. The molecule has 2 aliphatic carbocycles. The van der Waals surface area contributed by atoms with E-state index in [1.165, 1.54) is 79.2 Å². The van der Waals surface area contributed by atoms with Crippen molar-refractivity contribution >= 4 is 23.2 Å². The first kappa shape index (κ1) is 11.9. The number of halogens is 2. The lowest BCUT2D eigenvalue weighted by Gasteiger charge is -2.28. The van der Waals surface area contributed by atoms with Gasteiger partial charge in [0.15, 0.2) is 0 Å². The van der Waals surface area contributed by atoms with Crippen LogP contribution in [0.1, 0.15) is 58.3 Å². The van der Waals surface area contributed by atoms with Gasteiger partial charge in [-0.05, 0) is 79.2 Å². The minimum Gasteiger partial charge on any atom is -0.100 e. The Morgan fingerprint density at radius 2 is 1.24 bits per heavy atom. The number of rotatable bonds is 1. The molecule has 0 saturated heterocycles. The summed E-state index contributed by atoms with van der Waals surface area (Å²) in [6.45, 7) is 0. The normalized spacial score (nSPS) is 19.0. The van der Waals surface area contributed by atoms with Gasteiger partial charge in [0.05, 0.1) is 0 Å². The highest BCUT2D eigenvalue weighted by Gasteiger charge is 2.24. The number of hydrogen-bond acceptors (Lipinski definition) is 0. The van der Waals surface area contributed by atoms with E-state index >= 15 is 0 Å². The molecule has 92 valence electrons. The Kier molecular flexibility index (Phi) is 3.36. The molecule has 0 bridgehead atoms. The van der Waals surface area contributed by atoms with Crippen LogP contribution in [-0.2, 0) is 25.7 Å². The van der Waals surface area contributed by atoms with Crippen molar-refractivity contribution in [1.29, 1.82) is 0 Å². The molecular weight excluding hydrogens is 251 g/mol. The second-order valence-electron chi connectivity index (χ2n) is 5.28. The molecule has 17 heavy (non-hydrogen) atoms. The highest BCUT2D eigenvalue weighted by atomic mass is 35.5. The van der Waals surface area contributed by atoms with Gasteiger partial charge in [0.25, 0.3) is 0 Å². The zero-order chi connectivity index (χ0) is 11.8. The van der Waals surface area contributed by atoms with Crippen LogP contribution in [0.4, 0.5) is 0 Å². The van der Waals surface area contributed by atoms with Crippen LogP contribution < -0.4 is 0 Å². The van der Waals surface area contributed by atoms with Crippen molar-refractivity contribution in [3.8, 4) is 0 Å². The fourth-order valence-corrected chi connectivity index (χ4v) is 3.97. The van der Waals surface area contributed by atoms with Crippen molar-refractivity contribution < 1.29 is 0 Å². The van der Waals surface area contributed by atoms with Crippen LogP contribution >= 0.6 is 23.2 Å². The lowest BCUT2D eigenvalue weighted by molar-refractivity contribution is 0.650. The Balaban J connectivity index is 2.19. The third kappa shape index (κ3) is 2.11. The van der Waals surface area contributed by atoms with Gasteiger partial charge in [0.2, 0.25) is 0 Å². The van der Waals surface area contributed by atoms with E-state index in [-0.39, 0.29) is 4.84 Å². The van der Waals surface area contributed by atoms with Crippen molar-refractivity contribution in [3.63, 3.8) is 0 Å². The molecule has 0 N–H and O–H groups in total. The molecule has 0 heterocycles. The number of aryl methyl sites for hydroxylation is 2.